The first-order chi connectivity index (χ1) is 7.68. The van der Waals surface area contributed by atoms with Crippen molar-refractivity contribution in [3.8, 4) is 11.5 Å². The molecule has 0 bridgehead atoms. The molecule has 2 rings (SSSR count). The van der Waals surface area contributed by atoms with Gasteiger partial charge in [-0.3, -0.25) is 0 Å². The summed E-state index contributed by atoms with van der Waals surface area (Å²) >= 11 is 0. The molecule has 1 aliphatic rings. The van der Waals surface area contributed by atoms with Crippen LogP contribution in [0.25, 0.3) is 0 Å². The van der Waals surface area contributed by atoms with Crippen molar-refractivity contribution in [2.45, 2.75) is 12.0 Å². The van der Waals surface area contributed by atoms with Crippen molar-refractivity contribution in [1.82, 2.24) is 5.32 Å². The van der Waals surface area contributed by atoms with Gasteiger partial charge in [-0.25, -0.2) is 0 Å². The Balaban J connectivity index is 2.39. The minimum atomic E-state index is -0.804. The van der Waals surface area contributed by atoms with Gasteiger partial charge in [-0.1, -0.05) is 0 Å². The lowest BCUT2D eigenvalue weighted by Crippen LogP contribution is -2.28. The van der Waals surface area contributed by atoms with Crippen molar-refractivity contribution in [3.05, 3.63) is 23.8 Å². The summed E-state index contributed by atoms with van der Waals surface area (Å²) in [7, 11) is 3.21. The molecule has 4 nitrogen and oxygen atoms in total. The van der Waals surface area contributed by atoms with Gasteiger partial charge in [0.1, 0.15) is 17.1 Å². The highest BCUT2D eigenvalue weighted by Crippen LogP contribution is 2.33. The molecule has 0 aliphatic carbocycles. The molecule has 0 amide bonds. The molecule has 1 saturated heterocycles. The summed E-state index contributed by atoms with van der Waals surface area (Å²) in [5.74, 6) is 1.41. The minimum Gasteiger partial charge on any atom is -0.497 e. The molecular formula is C12H17NO3. The summed E-state index contributed by atoms with van der Waals surface area (Å²) in [5, 5.41) is 13.6. The molecule has 0 saturated carbocycles. The summed E-state index contributed by atoms with van der Waals surface area (Å²) in [4.78, 5) is 0. The van der Waals surface area contributed by atoms with Gasteiger partial charge in [-0.05, 0) is 30.7 Å². The Kier molecular flexibility index (Phi) is 3.03. The Morgan fingerprint density at radius 2 is 1.81 bits per heavy atom. The topological polar surface area (TPSA) is 50.7 Å². The molecule has 16 heavy (non-hydrogen) atoms. The Hall–Kier alpha value is -1.26. The van der Waals surface area contributed by atoms with Gasteiger partial charge in [0, 0.05) is 12.6 Å². The molecule has 2 N–H and O–H groups in total. The second kappa shape index (κ2) is 4.31. The van der Waals surface area contributed by atoms with E-state index in [1.807, 2.05) is 12.1 Å². The van der Waals surface area contributed by atoms with Gasteiger partial charge < -0.3 is 19.9 Å². The lowest BCUT2D eigenvalue weighted by molar-refractivity contribution is 0.0583. The van der Waals surface area contributed by atoms with Crippen molar-refractivity contribution >= 4 is 0 Å². The zero-order valence-electron chi connectivity index (χ0n) is 9.62. The predicted octanol–water partition coefficient (Wildman–Crippen LogP) is 0.885. The molecule has 1 aromatic carbocycles. The van der Waals surface area contributed by atoms with Crippen LogP contribution < -0.4 is 14.8 Å². The van der Waals surface area contributed by atoms with Crippen LogP contribution in [0.1, 0.15) is 12.0 Å². The maximum absolute atomic E-state index is 10.4. The van der Waals surface area contributed by atoms with E-state index in [1.165, 1.54) is 0 Å². The van der Waals surface area contributed by atoms with E-state index < -0.39 is 5.60 Å². The molecule has 0 aromatic heterocycles. The fraction of sp³-hybridized carbons (Fsp3) is 0.500. The van der Waals surface area contributed by atoms with Gasteiger partial charge >= 0.3 is 0 Å². The number of ether oxygens (including phenoxy) is 2. The average molecular weight is 223 g/mol. The van der Waals surface area contributed by atoms with E-state index in [9.17, 15) is 5.11 Å². The van der Waals surface area contributed by atoms with Gasteiger partial charge in [0.05, 0.1) is 14.2 Å². The third kappa shape index (κ3) is 1.99. The molecule has 1 fully saturated rings. The maximum atomic E-state index is 10.4. The molecular weight excluding hydrogens is 206 g/mol. The Bertz CT molecular complexity index is 350. The summed E-state index contributed by atoms with van der Waals surface area (Å²) in [6.45, 7) is 1.40. The first-order valence-corrected chi connectivity index (χ1v) is 5.34. The molecule has 1 heterocycles. The number of rotatable bonds is 3. The zero-order chi connectivity index (χ0) is 11.6. The zero-order valence-corrected chi connectivity index (χ0v) is 9.62. The predicted molar refractivity (Wildman–Crippen MR) is 60.9 cm³/mol. The summed E-state index contributed by atoms with van der Waals surface area (Å²) in [6.07, 6.45) is 0.712. The highest BCUT2D eigenvalue weighted by molar-refractivity contribution is 5.41. The fourth-order valence-electron chi connectivity index (χ4n) is 2.00. The quantitative estimate of drug-likeness (QED) is 0.799. The van der Waals surface area contributed by atoms with Crippen LogP contribution in [0.15, 0.2) is 18.2 Å². The van der Waals surface area contributed by atoms with E-state index in [0.29, 0.717) is 24.5 Å². The SMILES string of the molecule is COc1cc(OC)cc(C2(O)CCNC2)c1. The molecule has 1 unspecified atom stereocenters. The van der Waals surface area contributed by atoms with E-state index in [0.717, 1.165) is 12.1 Å². The molecule has 1 aromatic rings. The monoisotopic (exact) mass is 223 g/mol. The fourth-order valence-corrected chi connectivity index (χ4v) is 2.00. The number of hydrogen-bond donors (Lipinski definition) is 2. The Morgan fingerprint density at radius 3 is 2.25 bits per heavy atom. The van der Waals surface area contributed by atoms with E-state index in [1.54, 1.807) is 20.3 Å². The average Bonchev–Trinajstić information content (AvgIpc) is 2.77. The largest absolute Gasteiger partial charge is 0.497 e. The van der Waals surface area contributed by atoms with E-state index in [2.05, 4.69) is 5.32 Å². The molecule has 1 aliphatic heterocycles. The van der Waals surface area contributed by atoms with Crippen molar-refractivity contribution in [3.63, 3.8) is 0 Å². The number of β-amino-alcohol motifs (C(OH)–C–C–N with tert-alkyl or cyclic N) is 1. The number of aliphatic hydroxyl groups is 1. The molecule has 88 valence electrons. The molecule has 4 heteroatoms. The van der Waals surface area contributed by atoms with Crippen LogP contribution in [-0.4, -0.2) is 32.4 Å². The number of hydrogen-bond acceptors (Lipinski definition) is 4. The van der Waals surface area contributed by atoms with Crippen molar-refractivity contribution in [2.24, 2.45) is 0 Å². The van der Waals surface area contributed by atoms with Gasteiger partial charge in [-0.15, -0.1) is 0 Å². The van der Waals surface area contributed by atoms with Crippen LogP contribution in [0.4, 0.5) is 0 Å². The third-order valence-corrected chi connectivity index (χ3v) is 3.02. The van der Waals surface area contributed by atoms with E-state index in [-0.39, 0.29) is 0 Å². The van der Waals surface area contributed by atoms with Crippen molar-refractivity contribution in [1.29, 1.82) is 0 Å². The minimum absolute atomic E-state index is 0.573. The first kappa shape index (κ1) is 11.2. The van der Waals surface area contributed by atoms with Crippen LogP contribution in [0.2, 0.25) is 0 Å². The standard InChI is InChI=1S/C12H17NO3/c1-15-10-5-9(6-11(7-10)16-2)12(14)3-4-13-8-12/h5-7,13-14H,3-4,8H2,1-2H3. The van der Waals surface area contributed by atoms with Crippen LogP contribution >= 0.6 is 0 Å². The van der Waals surface area contributed by atoms with Crippen LogP contribution in [-0.2, 0) is 5.60 Å². The lowest BCUT2D eigenvalue weighted by atomic mass is 9.93. The van der Waals surface area contributed by atoms with Gasteiger partial charge in [-0.2, -0.15) is 0 Å². The van der Waals surface area contributed by atoms with Gasteiger partial charge in [0.2, 0.25) is 0 Å². The van der Waals surface area contributed by atoms with Crippen LogP contribution in [0, 0.1) is 0 Å². The Morgan fingerprint density at radius 1 is 1.19 bits per heavy atom. The van der Waals surface area contributed by atoms with Crippen LogP contribution in [0.3, 0.4) is 0 Å². The second-order valence-electron chi connectivity index (χ2n) is 4.06. The summed E-state index contributed by atoms with van der Waals surface area (Å²) in [6, 6.07) is 5.51. The highest BCUT2D eigenvalue weighted by Gasteiger charge is 2.33. The van der Waals surface area contributed by atoms with Crippen molar-refractivity contribution < 1.29 is 14.6 Å². The summed E-state index contributed by atoms with van der Waals surface area (Å²) < 4.78 is 10.4. The molecule has 0 radical (unpaired) electrons. The smallest absolute Gasteiger partial charge is 0.122 e. The Labute approximate surface area is 95.2 Å². The molecule has 1 atom stereocenters. The normalized spacial score (nSPS) is 24.4. The number of benzene rings is 1. The third-order valence-electron chi connectivity index (χ3n) is 3.02. The number of nitrogens with one attached hydrogen (secondary N) is 1. The lowest BCUT2D eigenvalue weighted by Gasteiger charge is -2.23. The first-order valence-electron chi connectivity index (χ1n) is 5.34. The van der Waals surface area contributed by atoms with Gasteiger partial charge in [0.15, 0.2) is 0 Å². The van der Waals surface area contributed by atoms with E-state index in [4.69, 9.17) is 9.47 Å². The van der Waals surface area contributed by atoms with E-state index >= 15 is 0 Å². The highest BCUT2D eigenvalue weighted by atomic mass is 16.5. The van der Waals surface area contributed by atoms with Crippen molar-refractivity contribution in [2.75, 3.05) is 27.3 Å². The second-order valence-corrected chi connectivity index (χ2v) is 4.06. The van der Waals surface area contributed by atoms with Gasteiger partial charge in [0.25, 0.3) is 0 Å². The summed E-state index contributed by atoms with van der Waals surface area (Å²) in [5.41, 5.74) is 0.0376. The molecule has 0 spiro atoms. The maximum Gasteiger partial charge on any atom is 0.122 e. The number of methoxy groups -OCH3 is 2. The van der Waals surface area contributed by atoms with Crippen LogP contribution in [0.5, 0.6) is 11.5 Å².